The molecule has 0 aromatic rings. The highest BCUT2D eigenvalue weighted by atomic mass is 16.5. The summed E-state index contributed by atoms with van der Waals surface area (Å²) in [5.41, 5.74) is -0.381. The van der Waals surface area contributed by atoms with Crippen LogP contribution in [0.3, 0.4) is 0 Å². The minimum atomic E-state index is -0.381. The third-order valence-corrected chi connectivity index (χ3v) is 4.87. The van der Waals surface area contributed by atoms with Crippen molar-refractivity contribution < 1.29 is 14.6 Å². The second-order valence-electron chi connectivity index (χ2n) is 5.90. The average Bonchev–Trinajstić information content (AvgIpc) is 2.40. The third-order valence-electron chi connectivity index (χ3n) is 4.87. The van der Waals surface area contributed by atoms with Crippen LogP contribution in [0.5, 0.6) is 0 Å². The maximum Gasteiger partial charge on any atom is 0.312 e. The molecule has 2 rings (SSSR count). The number of ether oxygens (including phenoxy) is 1. The van der Waals surface area contributed by atoms with Crippen LogP contribution in [-0.2, 0) is 9.53 Å². The Bertz CT molecular complexity index is 281. The molecule has 0 heterocycles. The fourth-order valence-corrected chi connectivity index (χ4v) is 3.94. The lowest BCUT2D eigenvalue weighted by molar-refractivity contribution is -0.168. The van der Waals surface area contributed by atoms with Crippen molar-refractivity contribution >= 4 is 5.97 Å². The normalized spacial score (nSPS) is 31.9. The molecule has 0 aromatic carbocycles. The van der Waals surface area contributed by atoms with Gasteiger partial charge in [-0.3, -0.25) is 4.79 Å². The van der Waals surface area contributed by atoms with E-state index in [1.807, 2.05) is 6.92 Å². The van der Waals surface area contributed by atoms with Gasteiger partial charge < -0.3 is 9.84 Å². The number of hydrogen-bond donors (Lipinski definition) is 1. The van der Waals surface area contributed by atoms with Crippen LogP contribution in [-0.4, -0.2) is 23.8 Å². The van der Waals surface area contributed by atoms with E-state index < -0.39 is 0 Å². The first-order valence-corrected chi connectivity index (χ1v) is 7.56. The Labute approximate surface area is 110 Å². The summed E-state index contributed by atoms with van der Waals surface area (Å²) in [7, 11) is 0. The van der Waals surface area contributed by atoms with Gasteiger partial charge in [0.2, 0.25) is 0 Å². The number of carbonyl (C=O) groups excluding carboxylic acids is 1. The minimum Gasteiger partial charge on any atom is -0.466 e. The van der Waals surface area contributed by atoms with Crippen molar-refractivity contribution in [3.05, 3.63) is 0 Å². The number of carbonyl (C=O) groups is 1. The molecule has 0 saturated heterocycles. The summed E-state index contributed by atoms with van der Waals surface area (Å²) in [6.45, 7) is 2.31. The molecule has 0 bridgehead atoms. The van der Waals surface area contributed by atoms with Crippen LogP contribution in [0, 0.1) is 11.3 Å². The molecule has 1 N–H and O–H groups in total. The lowest BCUT2D eigenvalue weighted by Gasteiger charge is -2.45. The van der Waals surface area contributed by atoms with E-state index in [-0.39, 0.29) is 23.4 Å². The Morgan fingerprint density at radius 2 is 1.83 bits per heavy atom. The molecule has 0 aliphatic heterocycles. The van der Waals surface area contributed by atoms with Gasteiger partial charge in [0.15, 0.2) is 0 Å². The van der Waals surface area contributed by atoms with Crippen molar-refractivity contribution in [2.24, 2.45) is 11.3 Å². The Morgan fingerprint density at radius 3 is 2.44 bits per heavy atom. The highest BCUT2D eigenvalue weighted by molar-refractivity contribution is 5.77. The summed E-state index contributed by atoms with van der Waals surface area (Å²) in [6.07, 6.45) is 9.00. The first-order chi connectivity index (χ1) is 8.70. The maximum absolute atomic E-state index is 12.4. The summed E-state index contributed by atoms with van der Waals surface area (Å²) >= 11 is 0. The Morgan fingerprint density at radius 1 is 1.17 bits per heavy atom. The van der Waals surface area contributed by atoms with E-state index in [1.165, 1.54) is 6.42 Å². The summed E-state index contributed by atoms with van der Waals surface area (Å²) in [4.78, 5) is 12.4. The van der Waals surface area contributed by atoms with Gasteiger partial charge in [-0.15, -0.1) is 0 Å². The van der Waals surface area contributed by atoms with E-state index in [0.717, 1.165) is 51.4 Å². The van der Waals surface area contributed by atoms with Crippen molar-refractivity contribution in [1.29, 1.82) is 0 Å². The first-order valence-electron chi connectivity index (χ1n) is 7.56. The zero-order valence-electron chi connectivity index (χ0n) is 11.5. The van der Waals surface area contributed by atoms with Crippen molar-refractivity contribution in [3.63, 3.8) is 0 Å². The van der Waals surface area contributed by atoms with Gasteiger partial charge in [-0.2, -0.15) is 0 Å². The molecule has 0 radical (unpaired) electrons. The third kappa shape index (κ3) is 2.56. The van der Waals surface area contributed by atoms with E-state index in [2.05, 4.69) is 0 Å². The van der Waals surface area contributed by atoms with Gasteiger partial charge in [-0.1, -0.05) is 32.1 Å². The molecular weight excluding hydrogens is 228 g/mol. The summed E-state index contributed by atoms with van der Waals surface area (Å²) < 4.78 is 5.34. The molecule has 2 aliphatic carbocycles. The molecule has 0 amide bonds. The standard InChI is InChI=1S/C15H26O3/c1-2-18-14(17)15(10-6-3-7-11-15)12-8-4-5-9-13(12)16/h12-13,16H,2-11H2,1H3/t12-,13-/m1/s1. The van der Waals surface area contributed by atoms with E-state index in [9.17, 15) is 9.90 Å². The SMILES string of the molecule is CCOC(=O)C1([C@@H]2CCCC[C@H]2O)CCCCC1. The van der Waals surface area contributed by atoms with Gasteiger partial charge in [-0.25, -0.2) is 0 Å². The molecule has 2 fully saturated rings. The molecule has 2 atom stereocenters. The lowest BCUT2D eigenvalue weighted by atomic mass is 9.61. The number of rotatable bonds is 3. The Hall–Kier alpha value is -0.570. The zero-order valence-corrected chi connectivity index (χ0v) is 11.5. The largest absolute Gasteiger partial charge is 0.466 e. The highest BCUT2D eigenvalue weighted by Crippen LogP contribution is 2.49. The fraction of sp³-hybridized carbons (Fsp3) is 0.933. The van der Waals surface area contributed by atoms with Gasteiger partial charge in [0.1, 0.15) is 0 Å². The number of hydrogen-bond acceptors (Lipinski definition) is 3. The van der Waals surface area contributed by atoms with Crippen LogP contribution in [0.25, 0.3) is 0 Å². The lowest BCUT2D eigenvalue weighted by Crippen LogP contribution is -2.47. The molecular formula is C15H26O3. The predicted octanol–water partition coefficient (Wildman–Crippen LogP) is 3.05. The van der Waals surface area contributed by atoms with Gasteiger partial charge in [-0.05, 0) is 32.6 Å². The van der Waals surface area contributed by atoms with Gasteiger partial charge in [0.05, 0.1) is 18.1 Å². The molecule has 0 aromatic heterocycles. The van der Waals surface area contributed by atoms with Crippen molar-refractivity contribution in [3.8, 4) is 0 Å². The van der Waals surface area contributed by atoms with Gasteiger partial charge in [0.25, 0.3) is 0 Å². The first kappa shape index (κ1) is 13.9. The van der Waals surface area contributed by atoms with Crippen LogP contribution in [0.4, 0.5) is 0 Å². The zero-order chi connectivity index (χ0) is 13.0. The number of aliphatic hydroxyl groups is 1. The minimum absolute atomic E-state index is 0.0457. The molecule has 0 spiro atoms. The molecule has 18 heavy (non-hydrogen) atoms. The molecule has 2 saturated carbocycles. The maximum atomic E-state index is 12.4. The molecule has 3 heteroatoms. The summed E-state index contributed by atoms with van der Waals surface area (Å²) in [6, 6.07) is 0. The number of esters is 1. The monoisotopic (exact) mass is 254 g/mol. The average molecular weight is 254 g/mol. The summed E-state index contributed by atoms with van der Waals surface area (Å²) in [5, 5.41) is 10.3. The van der Waals surface area contributed by atoms with Gasteiger partial charge >= 0.3 is 5.97 Å². The van der Waals surface area contributed by atoms with Crippen LogP contribution in [0.1, 0.15) is 64.7 Å². The Balaban J connectivity index is 2.19. The Kier molecular flexibility index (Phi) is 4.66. The van der Waals surface area contributed by atoms with Crippen LogP contribution >= 0.6 is 0 Å². The van der Waals surface area contributed by atoms with E-state index >= 15 is 0 Å². The topological polar surface area (TPSA) is 46.5 Å². The van der Waals surface area contributed by atoms with Crippen LogP contribution in [0.2, 0.25) is 0 Å². The van der Waals surface area contributed by atoms with Crippen LogP contribution < -0.4 is 0 Å². The second-order valence-corrected chi connectivity index (χ2v) is 5.90. The van der Waals surface area contributed by atoms with Crippen LogP contribution in [0.15, 0.2) is 0 Å². The molecule has 104 valence electrons. The van der Waals surface area contributed by atoms with Crippen molar-refractivity contribution in [2.45, 2.75) is 70.8 Å². The molecule has 2 aliphatic rings. The number of aliphatic hydroxyl groups excluding tert-OH is 1. The molecule has 0 unspecified atom stereocenters. The quantitative estimate of drug-likeness (QED) is 0.787. The fourth-order valence-electron chi connectivity index (χ4n) is 3.94. The predicted molar refractivity (Wildman–Crippen MR) is 70.1 cm³/mol. The highest BCUT2D eigenvalue weighted by Gasteiger charge is 2.50. The smallest absolute Gasteiger partial charge is 0.312 e. The van der Waals surface area contributed by atoms with Crippen molar-refractivity contribution in [2.75, 3.05) is 6.61 Å². The molecule has 3 nitrogen and oxygen atoms in total. The van der Waals surface area contributed by atoms with E-state index in [4.69, 9.17) is 4.74 Å². The van der Waals surface area contributed by atoms with E-state index in [1.54, 1.807) is 0 Å². The van der Waals surface area contributed by atoms with Crippen molar-refractivity contribution in [1.82, 2.24) is 0 Å². The second kappa shape index (κ2) is 6.05. The summed E-state index contributed by atoms with van der Waals surface area (Å²) in [5.74, 6) is 0.0845. The van der Waals surface area contributed by atoms with Gasteiger partial charge in [0, 0.05) is 5.92 Å². The van der Waals surface area contributed by atoms with E-state index in [0.29, 0.717) is 6.61 Å².